The topological polar surface area (TPSA) is 46.7 Å². The predicted molar refractivity (Wildman–Crippen MR) is 214 cm³/mol. The van der Waals surface area contributed by atoms with Gasteiger partial charge in [0.25, 0.3) is 0 Å². The maximum absolute atomic E-state index is 11.0. The third-order valence-electron chi connectivity index (χ3n) is 9.64. The van der Waals surface area contributed by atoms with Gasteiger partial charge in [-0.1, -0.05) is 41.9 Å². The summed E-state index contributed by atoms with van der Waals surface area (Å²) in [5.41, 5.74) is 15.2. The summed E-state index contributed by atoms with van der Waals surface area (Å²) in [4.78, 5) is 4.11. The van der Waals surface area contributed by atoms with Gasteiger partial charge in [0.1, 0.15) is 5.75 Å². The maximum atomic E-state index is 11.0. The minimum Gasteiger partial charge on any atom is 0 e. The first-order valence-electron chi connectivity index (χ1n) is 17.6. The zero-order valence-electron chi connectivity index (χ0n) is 30.6. The van der Waals surface area contributed by atoms with Gasteiger partial charge in [0.2, 0.25) is 0 Å². The molecule has 1 aromatic heterocycles. The Labute approximate surface area is 344 Å². The van der Waals surface area contributed by atoms with Gasteiger partial charge >= 0.3 is 123 Å². The molecule has 1 heterocycles. The Bertz CT molecular complexity index is 1920. The summed E-state index contributed by atoms with van der Waals surface area (Å²) in [5.74, 6) is 0.421. The van der Waals surface area contributed by atoms with E-state index in [9.17, 15) is 5.11 Å². The molecule has 0 unspecified atom stereocenters. The van der Waals surface area contributed by atoms with Crippen LogP contribution in [0.1, 0.15) is 89.9 Å². The van der Waals surface area contributed by atoms with E-state index in [2.05, 4.69) is 124 Å². The van der Waals surface area contributed by atoms with E-state index in [4.69, 9.17) is 3.50 Å². The molecule has 7 rings (SSSR count). The molecule has 5 aromatic rings. The van der Waals surface area contributed by atoms with Crippen molar-refractivity contribution in [1.82, 2.24) is 4.98 Å². The predicted octanol–water partition coefficient (Wildman–Crippen LogP) is 12.4. The second-order valence-corrected chi connectivity index (χ2v) is 17.2. The molecule has 2 aliphatic rings. The molecule has 0 atom stereocenters. The van der Waals surface area contributed by atoms with E-state index in [0.29, 0.717) is 5.75 Å². The number of aromatic hydroxyl groups is 1. The number of hydrogen-bond acceptors (Lipinski definition) is 2. The summed E-state index contributed by atoms with van der Waals surface area (Å²) < 4.78 is 9.12. The first kappa shape index (κ1) is 41.7. The molecule has 0 spiro atoms. The minimum atomic E-state index is -0.504. The third-order valence-corrected chi connectivity index (χ3v) is 13.5. The average molecular weight is 973 g/mol. The monoisotopic (exact) mass is 974 g/mol. The summed E-state index contributed by atoms with van der Waals surface area (Å²) in [6.07, 6.45) is 9.46. The van der Waals surface area contributed by atoms with Crippen LogP contribution >= 0.6 is 31.9 Å². The molecule has 0 saturated carbocycles. The van der Waals surface area contributed by atoms with Gasteiger partial charge in [0.15, 0.2) is 0 Å². The van der Waals surface area contributed by atoms with Crippen molar-refractivity contribution in [2.24, 2.45) is 3.50 Å². The molecule has 0 fully saturated rings. The van der Waals surface area contributed by atoms with Crippen LogP contribution in [-0.4, -0.2) is 9.51 Å². The molecule has 7 heteroatoms. The van der Waals surface area contributed by atoms with Crippen molar-refractivity contribution in [3.8, 4) is 16.9 Å². The van der Waals surface area contributed by atoms with Crippen molar-refractivity contribution in [3.05, 3.63) is 138 Å². The van der Waals surface area contributed by atoms with Gasteiger partial charge in [0.05, 0.1) is 4.47 Å². The Morgan fingerprint density at radius 2 is 1.33 bits per heavy atom. The molecule has 0 saturated heterocycles. The number of phenols is 1. The van der Waals surface area contributed by atoms with Crippen LogP contribution in [0.5, 0.6) is 5.75 Å². The molecule has 51 heavy (non-hydrogen) atoms. The summed E-state index contributed by atoms with van der Waals surface area (Å²) in [5, 5.41) is 11.0. The first-order valence-corrected chi connectivity index (χ1v) is 21.3. The summed E-state index contributed by atoms with van der Waals surface area (Å²) in [6, 6.07) is 28.3. The zero-order valence-corrected chi connectivity index (χ0v) is 37.8. The third kappa shape index (κ3) is 10.8. The second kappa shape index (κ2) is 19.3. The summed E-state index contributed by atoms with van der Waals surface area (Å²) in [7, 11) is 0. The van der Waals surface area contributed by atoms with Crippen molar-refractivity contribution < 1.29 is 44.1 Å². The number of rotatable bonds is 4. The molecule has 0 bridgehead atoms. The van der Waals surface area contributed by atoms with E-state index in [0.717, 1.165) is 52.8 Å². The average Bonchev–Trinajstić information content (AvgIpc) is 3.50. The fourth-order valence-electron chi connectivity index (χ4n) is 6.80. The zero-order chi connectivity index (χ0) is 35.8. The van der Waals surface area contributed by atoms with E-state index in [1.165, 1.54) is 74.7 Å². The van der Waals surface area contributed by atoms with E-state index < -0.39 is 17.9 Å². The quantitative estimate of drug-likeness (QED) is 0.144. The minimum absolute atomic E-state index is 0. The smallest absolute Gasteiger partial charge is 0 e. The number of phenolic OH excluding ortho intramolecular Hbond substituents is 1. The second-order valence-electron chi connectivity index (χ2n) is 14.0. The molecule has 268 valence electrons. The molecule has 0 radical (unpaired) electrons. The van der Waals surface area contributed by atoms with Crippen LogP contribution in [0.2, 0.25) is 0 Å². The molecule has 4 aromatic carbocycles. The maximum Gasteiger partial charge on any atom is 0 e. The normalized spacial score (nSPS) is 13.2. The van der Waals surface area contributed by atoms with Gasteiger partial charge < -0.3 is 10.1 Å². The number of halogens is 2. The van der Waals surface area contributed by atoms with Crippen molar-refractivity contribution >= 4 is 41.9 Å². The Morgan fingerprint density at radius 3 is 1.90 bits per heavy atom. The van der Waals surface area contributed by atoms with Gasteiger partial charge in [-0.15, -0.1) is 0 Å². The van der Waals surface area contributed by atoms with Crippen molar-refractivity contribution in [2.75, 3.05) is 0 Å². The van der Waals surface area contributed by atoms with Gasteiger partial charge in [0, 0.05) is 31.1 Å². The summed E-state index contributed by atoms with van der Waals surface area (Å²) in [6.45, 7) is 12.8. The van der Waals surface area contributed by atoms with Crippen LogP contribution in [0.15, 0.2) is 85.2 Å². The molecular formula is C44H48Br2Mo2N2O-2. The van der Waals surface area contributed by atoms with Crippen LogP contribution in [0.4, 0.5) is 5.69 Å². The number of fused-ring (bicyclic) bond motifs is 2. The Morgan fingerprint density at radius 1 is 0.765 bits per heavy atom. The molecule has 0 aliphatic heterocycles. The fourth-order valence-corrected chi connectivity index (χ4v) is 9.60. The Kier molecular flexibility index (Phi) is 15.8. The van der Waals surface area contributed by atoms with Crippen LogP contribution in [-0.2, 0) is 70.1 Å². The van der Waals surface area contributed by atoms with Gasteiger partial charge in [-0.2, -0.15) is 11.4 Å². The van der Waals surface area contributed by atoms with Crippen molar-refractivity contribution in [3.63, 3.8) is 0 Å². The van der Waals surface area contributed by atoms with E-state index in [1.807, 2.05) is 38.1 Å². The Balaban J connectivity index is 0.000000193. The fraction of sp³-hybridized carbons (Fsp3) is 0.341. The van der Waals surface area contributed by atoms with Crippen LogP contribution < -0.4 is 4.98 Å². The van der Waals surface area contributed by atoms with E-state index in [1.54, 1.807) is 0 Å². The molecular weight excluding hydrogens is 924 g/mol. The molecule has 3 nitrogen and oxygen atoms in total. The standard InChI is InChI=1S/C21H22Br2O.C10H12.C7H6N.C6H8N.2Mo/c1-12-17(22)10-13-6-2-4-8-15(13)19(12)20-16-9-5-3-7-14(16)11-18(23)21(20)24;1-10(2,3)9-7-5-4-6-8-9;1-6-4-2-3-5-7(6)8;1-5-3-4-6(2)7-5;;/h10-11,24H,2-9H2,1H3;1,4-8H,2-3H3;2-4H,1H3;3-4H,1-2H3;;/q;;2*-1;;. The van der Waals surface area contributed by atoms with Gasteiger partial charge in [-0.05, 0) is 120 Å². The van der Waals surface area contributed by atoms with Crippen LogP contribution in [0.25, 0.3) is 11.1 Å². The first-order chi connectivity index (χ1) is 24.0. The number of aryl methyl sites for hydroxylation is 5. The summed E-state index contributed by atoms with van der Waals surface area (Å²) >= 11 is 6.86. The molecule has 1 N–H and O–H groups in total. The van der Waals surface area contributed by atoms with E-state index in [-0.39, 0.29) is 26.5 Å². The number of hydrogen-bond donors (Lipinski definition) is 1. The van der Waals surface area contributed by atoms with Gasteiger partial charge in [-0.3, -0.25) is 0 Å². The van der Waals surface area contributed by atoms with Crippen molar-refractivity contribution in [1.29, 1.82) is 0 Å². The Hall–Kier alpha value is -2.03. The van der Waals surface area contributed by atoms with Crippen LogP contribution in [0, 0.1) is 33.8 Å². The van der Waals surface area contributed by atoms with E-state index >= 15 is 0 Å². The van der Waals surface area contributed by atoms with Crippen LogP contribution in [0.3, 0.4) is 0 Å². The SMILES string of the molecule is Cc1c(Br)cc2c(c1-c1c(O)c(Br)cc3c1CCCC3)CCCC2.Cc1ccc(C)[n-]1.Cc1ccc[c-]c1[N]=[Mo]=[CH]C(C)(C)c1ccccc1.[Mo]. The number of benzene rings is 4. The molecule has 2 aliphatic carbocycles. The largest absolute Gasteiger partial charge is 0 e. The van der Waals surface area contributed by atoms with Gasteiger partial charge in [-0.25, -0.2) is 0 Å². The van der Waals surface area contributed by atoms with Crippen molar-refractivity contribution in [2.45, 2.75) is 98.3 Å². The molecule has 0 amide bonds. The number of aromatic nitrogens is 1. The number of nitrogens with zero attached hydrogens (tertiary/aromatic N) is 2.